The highest BCUT2D eigenvalue weighted by Crippen LogP contribution is 2.35. The van der Waals surface area contributed by atoms with Gasteiger partial charge in [0.2, 0.25) is 5.91 Å². The Labute approximate surface area is 182 Å². The summed E-state index contributed by atoms with van der Waals surface area (Å²) in [6.07, 6.45) is 2.09. The first-order valence-corrected chi connectivity index (χ1v) is 11.6. The number of hydrogen-bond acceptors (Lipinski definition) is 6. The SMILES string of the molecule is Cn1c(COc2ccc(Cl)cc2)nnc1SCC(=O)N1CCCC1c1cccs1. The van der Waals surface area contributed by atoms with Gasteiger partial charge in [-0.3, -0.25) is 4.79 Å². The van der Waals surface area contributed by atoms with Gasteiger partial charge in [0.25, 0.3) is 0 Å². The van der Waals surface area contributed by atoms with Crippen LogP contribution in [0.2, 0.25) is 5.02 Å². The van der Waals surface area contributed by atoms with Crippen molar-refractivity contribution in [3.63, 3.8) is 0 Å². The van der Waals surface area contributed by atoms with Crippen LogP contribution in [0.4, 0.5) is 0 Å². The van der Waals surface area contributed by atoms with Crippen molar-refractivity contribution in [3.05, 3.63) is 57.5 Å². The Balaban J connectivity index is 1.33. The predicted molar refractivity (Wildman–Crippen MR) is 116 cm³/mol. The van der Waals surface area contributed by atoms with Gasteiger partial charge >= 0.3 is 0 Å². The molecule has 3 aromatic rings. The van der Waals surface area contributed by atoms with Gasteiger partial charge in [0.05, 0.1) is 11.8 Å². The van der Waals surface area contributed by atoms with Crippen LogP contribution in [0.1, 0.15) is 29.6 Å². The third-order valence-electron chi connectivity index (χ3n) is 4.88. The van der Waals surface area contributed by atoms with Crippen molar-refractivity contribution in [1.29, 1.82) is 0 Å². The van der Waals surface area contributed by atoms with Crippen molar-refractivity contribution in [1.82, 2.24) is 19.7 Å². The molecule has 6 nitrogen and oxygen atoms in total. The number of likely N-dealkylation sites (tertiary alicyclic amines) is 1. The molecule has 1 fully saturated rings. The van der Waals surface area contributed by atoms with Gasteiger partial charge in [-0.2, -0.15) is 0 Å². The molecule has 9 heteroatoms. The Morgan fingerprint density at radius 1 is 1.31 bits per heavy atom. The molecule has 3 heterocycles. The van der Waals surface area contributed by atoms with Crippen molar-refractivity contribution in [2.45, 2.75) is 30.6 Å². The number of thioether (sulfide) groups is 1. The van der Waals surface area contributed by atoms with E-state index in [1.165, 1.54) is 16.6 Å². The first kappa shape index (κ1) is 20.3. The summed E-state index contributed by atoms with van der Waals surface area (Å²) in [5.74, 6) is 1.92. The van der Waals surface area contributed by atoms with E-state index in [0.29, 0.717) is 28.4 Å². The molecule has 1 aromatic carbocycles. The summed E-state index contributed by atoms with van der Waals surface area (Å²) in [7, 11) is 1.89. The lowest BCUT2D eigenvalue weighted by atomic mass is 10.2. The molecule has 1 aliphatic heterocycles. The lowest BCUT2D eigenvalue weighted by Gasteiger charge is -2.23. The lowest BCUT2D eigenvalue weighted by Crippen LogP contribution is -2.31. The number of benzene rings is 1. The van der Waals surface area contributed by atoms with Crippen LogP contribution in [-0.4, -0.2) is 37.9 Å². The topological polar surface area (TPSA) is 60.2 Å². The van der Waals surface area contributed by atoms with Crippen molar-refractivity contribution < 1.29 is 9.53 Å². The second-order valence-electron chi connectivity index (χ2n) is 6.75. The minimum absolute atomic E-state index is 0.146. The fourth-order valence-electron chi connectivity index (χ4n) is 3.33. The lowest BCUT2D eigenvalue weighted by molar-refractivity contribution is -0.129. The molecule has 0 bridgehead atoms. The molecule has 0 N–H and O–H groups in total. The fourth-order valence-corrected chi connectivity index (χ4v) is 5.14. The number of thiophene rings is 1. The number of ether oxygens (including phenoxy) is 1. The summed E-state index contributed by atoms with van der Waals surface area (Å²) < 4.78 is 7.61. The Kier molecular flexibility index (Phi) is 6.42. The van der Waals surface area contributed by atoms with E-state index in [-0.39, 0.29) is 11.9 Å². The maximum atomic E-state index is 12.8. The van der Waals surface area contributed by atoms with E-state index in [0.717, 1.165) is 25.1 Å². The van der Waals surface area contributed by atoms with E-state index in [4.69, 9.17) is 16.3 Å². The molecule has 152 valence electrons. The van der Waals surface area contributed by atoms with Crippen molar-refractivity contribution in [3.8, 4) is 5.75 Å². The van der Waals surface area contributed by atoms with E-state index < -0.39 is 0 Å². The van der Waals surface area contributed by atoms with E-state index in [9.17, 15) is 4.79 Å². The largest absolute Gasteiger partial charge is 0.486 e. The third kappa shape index (κ3) is 4.76. The molecule has 0 radical (unpaired) electrons. The number of aromatic nitrogens is 3. The number of nitrogens with zero attached hydrogens (tertiary/aromatic N) is 4. The summed E-state index contributed by atoms with van der Waals surface area (Å²) in [6, 6.07) is 11.6. The number of halogens is 1. The van der Waals surface area contributed by atoms with Crippen molar-refractivity contribution >= 4 is 40.6 Å². The minimum atomic E-state index is 0.146. The van der Waals surface area contributed by atoms with E-state index in [1.807, 2.05) is 34.7 Å². The van der Waals surface area contributed by atoms with E-state index >= 15 is 0 Å². The number of carbonyl (C=O) groups is 1. The number of rotatable bonds is 7. The van der Waals surface area contributed by atoms with Crippen molar-refractivity contribution in [2.24, 2.45) is 7.05 Å². The molecule has 1 aliphatic rings. The zero-order valence-electron chi connectivity index (χ0n) is 16.0. The van der Waals surface area contributed by atoms with Crippen LogP contribution in [0.15, 0.2) is 46.9 Å². The smallest absolute Gasteiger partial charge is 0.233 e. The monoisotopic (exact) mass is 448 g/mol. The molecular weight excluding hydrogens is 428 g/mol. The maximum Gasteiger partial charge on any atom is 0.233 e. The maximum absolute atomic E-state index is 12.8. The predicted octanol–water partition coefficient (Wildman–Crippen LogP) is 4.56. The van der Waals surface area contributed by atoms with E-state index in [2.05, 4.69) is 21.6 Å². The van der Waals surface area contributed by atoms with Gasteiger partial charge in [-0.1, -0.05) is 29.4 Å². The van der Waals surface area contributed by atoms with Crippen LogP contribution in [0.5, 0.6) is 5.75 Å². The molecule has 0 aliphatic carbocycles. The Morgan fingerprint density at radius 3 is 2.90 bits per heavy atom. The second-order valence-corrected chi connectivity index (χ2v) is 9.11. The van der Waals surface area contributed by atoms with Gasteiger partial charge in [0, 0.05) is 23.5 Å². The number of hydrogen-bond donors (Lipinski definition) is 0. The summed E-state index contributed by atoms with van der Waals surface area (Å²) in [6.45, 7) is 1.12. The molecule has 4 rings (SSSR count). The molecule has 0 spiro atoms. The molecule has 0 saturated carbocycles. The van der Waals surface area contributed by atoms with Crippen LogP contribution in [0, 0.1) is 0 Å². The summed E-state index contributed by atoms with van der Waals surface area (Å²) in [5, 5.41) is 11.9. The van der Waals surface area contributed by atoms with Gasteiger partial charge in [-0.05, 0) is 48.6 Å². The normalized spacial score (nSPS) is 16.3. The summed E-state index contributed by atoms with van der Waals surface area (Å²) >= 11 is 9.02. The van der Waals surface area contributed by atoms with Gasteiger partial charge in [0.1, 0.15) is 12.4 Å². The quantitative estimate of drug-likeness (QED) is 0.495. The number of carbonyl (C=O) groups excluding carboxylic acids is 1. The van der Waals surface area contributed by atoms with Crippen LogP contribution < -0.4 is 4.74 Å². The van der Waals surface area contributed by atoms with Crippen LogP contribution in [0.3, 0.4) is 0 Å². The van der Waals surface area contributed by atoms with Crippen LogP contribution in [0.25, 0.3) is 0 Å². The number of amides is 1. The molecule has 1 atom stereocenters. The van der Waals surface area contributed by atoms with Gasteiger partial charge in [-0.15, -0.1) is 21.5 Å². The Hall–Kier alpha value is -2.03. The molecule has 1 unspecified atom stereocenters. The molecule has 1 saturated heterocycles. The zero-order chi connectivity index (χ0) is 20.2. The standard InChI is InChI=1S/C20H21ClN4O2S2/c1-24-18(12-27-15-8-6-14(21)7-9-15)22-23-20(24)29-13-19(26)25-10-2-4-16(25)17-5-3-11-28-17/h3,5-9,11,16H,2,4,10,12-13H2,1H3. The highest BCUT2D eigenvalue weighted by atomic mass is 35.5. The van der Waals surface area contributed by atoms with Gasteiger partial charge in [-0.25, -0.2) is 0 Å². The zero-order valence-corrected chi connectivity index (χ0v) is 18.3. The molecular formula is C20H21ClN4O2S2. The Bertz CT molecular complexity index is 960. The first-order chi connectivity index (χ1) is 14.1. The fraction of sp³-hybridized carbons (Fsp3) is 0.350. The third-order valence-corrected chi connectivity index (χ3v) is 7.11. The van der Waals surface area contributed by atoms with Crippen molar-refractivity contribution in [2.75, 3.05) is 12.3 Å². The Morgan fingerprint density at radius 2 is 2.14 bits per heavy atom. The highest BCUT2D eigenvalue weighted by molar-refractivity contribution is 7.99. The molecule has 2 aromatic heterocycles. The molecule has 1 amide bonds. The van der Waals surface area contributed by atoms with Crippen LogP contribution in [-0.2, 0) is 18.4 Å². The average molecular weight is 449 g/mol. The minimum Gasteiger partial charge on any atom is -0.486 e. The van der Waals surface area contributed by atoms with E-state index in [1.54, 1.807) is 23.5 Å². The van der Waals surface area contributed by atoms with Gasteiger partial charge in [0.15, 0.2) is 11.0 Å². The van der Waals surface area contributed by atoms with Crippen LogP contribution >= 0.6 is 34.7 Å². The average Bonchev–Trinajstić information content (AvgIpc) is 3.47. The summed E-state index contributed by atoms with van der Waals surface area (Å²) in [4.78, 5) is 16.1. The first-order valence-electron chi connectivity index (χ1n) is 9.34. The molecule has 29 heavy (non-hydrogen) atoms. The summed E-state index contributed by atoms with van der Waals surface area (Å²) in [5.41, 5.74) is 0. The highest BCUT2D eigenvalue weighted by Gasteiger charge is 2.30. The second kappa shape index (κ2) is 9.19. The van der Waals surface area contributed by atoms with Gasteiger partial charge < -0.3 is 14.2 Å².